The molecule has 2 N–H and O–H groups in total. The summed E-state index contributed by atoms with van der Waals surface area (Å²) >= 11 is 4.96. The van der Waals surface area contributed by atoms with Crippen molar-refractivity contribution in [2.75, 3.05) is 12.9 Å². The molecule has 0 fully saturated rings. The second-order valence-corrected chi connectivity index (χ2v) is 6.06. The van der Waals surface area contributed by atoms with Gasteiger partial charge in [0.1, 0.15) is 0 Å². The minimum absolute atomic E-state index is 0.0152. The van der Waals surface area contributed by atoms with Crippen LogP contribution in [0, 0.1) is 6.92 Å². The lowest BCUT2D eigenvalue weighted by molar-refractivity contribution is 0.0935. The summed E-state index contributed by atoms with van der Waals surface area (Å²) < 4.78 is 0.923. The summed E-state index contributed by atoms with van der Waals surface area (Å²) in [6.07, 6.45) is 1.92. The summed E-state index contributed by atoms with van der Waals surface area (Å²) in [4.78, 5) is 12.1. The Kier molecular flexibility index (Phi) is 6.18. The number of hydrogen-bond donors (Lipinski definition) is 2. The lowest BCUT2D eigenvalue weighted by atomic mass is 10.1. The van der Waals surface area contributed by atoms with E-state index in [2.05, 4.69) is 21.2 Å². The van der Waals surface area contributed by atoms with Gasteiger partial charge < -0.3 is 10.4 Å². The molecule has 0 aliphatic carbocycles. The molecule has 2 atom stereocenters. The first kappa shape index (κ1) is 15.5. The summed E-state index contributed by atoms with van der Waals surface area (Å²) in [6, 6.07) is 5.48. The summed E-state index contributed by atoms with van der Waals surface area (Å²) in [7, 11) is 0. The van der Waals surface area contributed by atoms with E-state index < -0.39 is 0 Å². The minimum atomic E-state index is -0.103. The van der Waals surface area contributed by atoms with Crippen molar-refractivity contribution in [1.29, 1.82) is 0 Å². The molecular weight excluding hydrogens is 314 g/mol. The number of thioether (sulfide) groups is 1. The molecule has 3 nitrogen and oxygen atoms in total. The highest BCUT2D eigenvalue weighted by Gasteiger charge is 2.19. The van der Waals surface area contributed by atoms with Crippen LogP contribution in [0.3, 0.4) is 0 Å². The van der Waals surface area contributed by atoms with Gasteiger partial charge in [-0.1, -0.05) is 22.0 Å². The molecule has 0 heterocycles. The molecule has 0 aromatic heterocycles. The number of halogens is 1. The number of carbonyl (C=O) groups is 1. The number of hydrogen-bond acceptors (Lipinski definition) is 3. The Labute approximate surface area is 120 Å². The summed E-state index contributed by atoms with van der Waals surface area (Å²) in [5.74, 6) is -0.103. The zero-order valence-corrected chi connectivity index (χ0v) is 13.1. The summed E-state index contributed by atoms with van der Waals surface area (Å²) in [5, 5.41) is 12.1. The zero-order chi connectivity index (χ0) is 13.7. The first-order chi connectivity index (χ1) is 8.51. The van der Waals surface area contributed by atoms with Crippen LogP contribution in [0.15, 0.2) is 22.7 Å². The van der Waals surface area contributed by atoms with Crippen LogP contribution < -0.4 is 5.32 Å². The van der Waals surface area contributed by atoms with Crippen molar-refractivity contribution in [3.8, 4) is 0 Å². The maximum atomic E-state index is 12.1. The Morgan fingerprint density at radius 1 is 1.56 bits per heavy atom. The van der Waals surface area contributed by atoms with E-state index in [0.29, 0.717) is 5.56 Å². The van der Waals surface area contributed by atoms with Gasteiger partial charge in [-0.2, -0.15) is 11.8 Å². The number of carbonyl (C=O) groups excluding carboxylic acids is 1. The zero-order valence-electron chi connectivity index (χ0n) is 10.7. The van der Waals surface area contributed by atoms with E-state index in [9.17, 15) is 9.90 Å². The molecule has 1 aromatic carbocycles. The normalized spacial score (nSPS) is 14.1. The third-order valence-corrected chi connectivity index (χ3v) is 4.93. The van der Waals surface area contributed by atoms with Crippen molar-refractivity contribution >= 4 is 33.6 Å². The quantitative estimate of drug-likeness (QED) is 0.871. The Hall–Kier alpha value is -0.520. The standard InChI is InChI=1S/C13H18BrNO2S/c1-8-10(5-4-6-11(8)14)13(17)15-9(2)12(7-16)18-3/h4-6,9,12,16H,7H2,1-3H3,(H,15,17). The highest BCUT2D eigenvalue weighted by atomic mass is 79.9. The van der Waals surface area contributed by atoms with E-state index >= 15 is 0 Å². The predicted molar refractivity (Wildman–Crippen MR) is 80.2 cm³/mol. The van der Waals surface area contributed by atoms with Crippen LogP contribution in [0.2, 0.25) is 0 Å². The number of aliphatic hydroxyl groups excluding tert-OH is 1. The summed E-state index contributed by atoms with van der Waals surface area (Å²) in [5.41, 5.74) is 1.58. The molecular formula is C13H18BrNO2S. The highest BCUT2D eigenvalue weighted by Crippen LogP contribution is 2.20. The fraction of sp³-hybridized carbons (Fsp3) is 0.462. The fourth-order valence-corrected chi connectivity index (χ4v) is 2.66. The van der Waals surface area contributed by atoms with Crippen molar-refractivity contribution in [2.24, 2.45) is 0 Å². The Bertz CT molecular complexity index is 421. The van der Waals surface area contributed by atoms with E-state index in [1.54, 1.807) is 17.8 Å². The SMILES string of the molecule is CSC(CO)C(C)NC(=O)c1cccc(Br)c1C. The molecule has 5 heteroatoms. The maximum absolute atomic E-state index is 12.1. The lowest BCUT2D eigenvalue weighted by Crippen LogP contribution is -2.41. The van der Waals surface area contributed by atoms with Crippen molar-refractivity contribution in [3.63, 3.8) is 0 Å². The van der Waals surface area contributed by atoms with Gasteiger partial charge in [0.15, 0.2) is 0 Å². The van der Waals surface area contributed by atoms with Crippen LogP contribution in [0.5, 0.6) is 0 Å². The van der Waals surface area contributed by atoms with Gasteiger partial charge in [-0.25, -0.2) is 0 Å². The van der Waals surface area contributed by atoms with Crippen LogP contribution in [-0.2, 0) is 0 Å². The van der Waals surface area contributed by atoms with Gasteiger partial charge in [0, 0.05) is 21.3 Å². The first-order valence-corrected chi connectivity index (χ1v) is 7.79. The van der Waals surface area contributed by atoms with Crippen molar-refractivity contribution in [2.45, 2.75) is 25.1 Å². The van der Waals surface area contributed by atoms with Gasteiger partial charge in [-0.3, -0.25) is 4.79 Å². The van der Waals surface area contributed by atoms with Gasteiger partial charge in [-0.05, 0) is 37.8 Å². The number of nitrogens with one attached hydrogen (secondary N) is 1. The Morgan fingerprint density at radius 3 is 2.78 bits per heavy atom. The van der Waals surface area contributed by atoms with Gasteiger partial charge in [0.2, 0.25) is 0 Å². The smallest absolute Gasteiger partial charge is 0.251 e. The van der Waals surface area contributed by atoms with Crippen LogP contribution in [0.4, 0.5) is 0 Å². The molecule has 2 unspecified atom stereocenters. The number of amides is 1. The van der Waals surface area contributed by atoms with E-state index in [1.807, 2.05) is 32.2 Å². The average molecular weight is 332 g/mol. The topological polar surface area (TPSA) is 49.3 Å². The minimum Gasteiger partial charge on any atom is -0.395 e. The Balaban J connectivity index is 2.79. The molecule has 0 radical (unpaired) electrons. The average Bonchev–Trinajstić information content (AvgIpc) is 2.34. The monoisotopic (exact) mass is 331 g/mol. The van der Waals surface area contributed by atoms with Gasteiger partial charge in [0.05, 0.1) is 6.61 Å². The third-order valence-electron chi connectivity index (χ3n) is 2.91. The van der Waals surface area contributed by atoms with Crippen LogP contribution in [0.1, 0.15) is 22.8 Å². The van der Waals surface area contributed by atoms with E-state index in [4.69, 9.17) is 0 Å². The van der Waals surface area contributed by atoms with Crippen LogP contribution in [0.25, 0.3) is 0 Å². The molecule has 0 bridgehead atoms. The highest BCUT2D eigenvalue weighted by molar-refractivity contribution is 9.10. The molecule has 100 valence electrons. The van der Waals surface area contributed by atoms with E-state index in [1.165, 1.54) is 0 Å². The van der Waals surface area contributed by atoms with Crippen LogP contribution in [-0.4, -0.2) is 35.2 Å². The van der Waals surface area contributed by atoms with Gasteiger partial charge in [0.25, 0.3) is 5.91 Å². The predicted octanol–water partition coefficient (Wildman–Crippen LogP) is 2.60. The molecule has 0 aliphatic heterocycles. The molecule has 0 saturated heterocycles. The maximum Gasteiger partial charge on any atom is 0.251 e. The van der Waals surface area contributed by atoms with Crippen molar-refractivity contribution in [3.05, 3.63) is 33.8 Å². The van der Waals surface area contributed by atoms with Gasteiger partial charge >= 0.3 is 0 Å². The molecule has 0 aliphatic rings. The third kappa shape index (κ3) is 3.73. The molecule has 1 rings (SSSR count). The number of benzene rings is 1. The Morgan fingerprint density at radius 2 is 2.22 bits per heavy atom. The van der Waals surface area contributed by atoms with Crippen molar-refractivity contribution in [1.82, 2.24) is 5.32 Å². The molecule has 1 amide bonds. The summed E-state index contributed by atoms with van der Waals surface area (Å²) in [6.45, 7) is 3.87. The molecule has 0 spiro atoms. The van der Waals surface area contributed by atoms with E-state index in [-0.39, 0.29) is 23.8 Å². The fourth-order valence-electron chi connectivity index (χ4n) is 1.67. The van der Waals surface area contributed by atoms with Gasteiger partial charge in [-0.15, -0.1) is 0 Å². The molecule has 18 heavy (non-hydrogen) atoms. The second-order valence-electron chi connectivity index (χ2n) is 4.13. The number of aliphatic hydroxyl groups is 1. The second kappa shape index (κ2) is 7.16. The number of rotatable bonds is 5. The molecule has 1 aromatic rings. The lowest BCUT2D eigenvalue weighted by Gasteiger charge is -2.21. The molecule has 0 saturated carbocycles. The van der Waals surface area contributed by atoms with E-state index in [0.717, 1.165) is 10.0 Å². The largest absolute Gasteiger partial charge is 0.395 e. The van der Waals surface area contributed by atoms with Crippen LogP contribution >= 0.6 is 27.7 Å². The first-order valence-electron chi connectivity index (χ1n) is 5.70. The van der Waals surface area contributed by atoms with Crippen molar-refractivity contribution < 1.29 is 9.90 Å².